The Labute approximate surface area is 136 Å². The summed E-state index contributed by atoms with van der Waals surface area (Å²) in [5.41, 5.74) is 1.43. The van der Waals surface area contributed by atoms with Crippen molar-refractivity contribution < 1.29 is 4.79 Å². The fourth-order valence-corrected chi connectivity index (χ4v) is 2.81. The zero-order valence-corrected chi connectivity index (χ0v) is 13.4. The minimum atomic E-state index is -0.219. The van der Waals surface area contributed by atoms with Gasteiger partial charge >= 0.3 is 0 Å². The molecule has 106 valence electrons. The smallest absolute Gasteiger partial charge is 0.255 e. The third-order valence-corrected chi connectivity index (χ3v) is 3.55. The van der Waals surface area contributed by atoms with Crippen LogP contribution in [0.2, 0.25) is 5.02 Å². The van der Waals surface area contributed by atoms with Crippen LogP contribution >= 0.6 is 27.5 Å². The molecule has 2 rings (SSSR count). The Morgan fingerprint density at radius 3 is 2.57 bits per heavy atom. The molecule has 0 bridgehead atoms. The van der Waals surface area contributed by atoms with Gasteiger partial charge in [0.05, 0.1) is 6.07 Å². The highest BCUT2D eigenvalue weighted by molar-refractivity contribution is 9.10. The topological polar surface area (TPSA) is 44.1 Å². The summed E-state index contributed by atoms with van der Waals surface area (Å²) in [6.07, 6.45) is 0. The van der Waals surface area contributed by atoms with Crippen LogP contribution in [0.15, 0.2) is 53.0 Å². The quantitative estimate of drug-likeness (QED) is 0.762. The normalized spacial score (nSPS) is 9.95. The first kappa shape index (κ1) is 15.6. The summed E-state index contributed by atoms with van der Waals surface area (Å²) in [4.78, 5) is 14.0. The fraction of sp³-hybridized carbons (Fsp3) is 0.125. The van der Waals surface area contributed by atoms with Gasteiger partial charge in [0, 0.05) is 21.6 Å². The molecule has 0 atom stereocenters. The van der Waals surface area contributed by atoms with E-state index in [1.807, 2.05) is 36.4 Å². The largest absolute Gasteiger partial charge is 0.321 e. The van der Waals surface area contributed by atoms with Crippen molar-refractivity contribution in [3.05, 3.63) is 69.2 Å². The molecule has 0 spiro atoms. The Morgan fingerprint density at radius 2 is 1.95 bits per heavy atom. The molecule has 3 nitrogen and oxygen atoms in total. The Hall–Kier alpha value is -1.83. The van der Waals surface area contributed by atoms with Gasteiger partial charge in [0.15, 0.2) is 0 Å². The minimum Gasteiger partial charge on any atom is -0.321 e. The minimum absolute atomic E-state index is 0.0257. The highest BCUT2D eigenvalue weighted by Crippen LogP contribution is 2.21. The molecule has 0 fully saturated rings. The summed E-state index contributed by atoms with van der Waals surface area (Å²) in [6, 6.07) is 16.6. The van der Waals surface area contributed by atoms with E-state index in [2.05, 4.69) is 15.9 Å². The summed E-state index contributed by atoms with van der Waals surface area (Å²) in [6.45, 7) is 0.412. The molecular formula is C16H12BrClN2O. The average Bonchev–Trinajstić information content (AvgIpc) is 2.46. The number of nitrogens with zero attached hydrogens (tertiary/aromatic N) is 2. The molecule has 0 aliphatic heterocycles. The maximum absolute atomic E-state index is 12.5. The zero-order chi connectivity index (χ0) is 15.2. The molecule has 0 unspecified atom stereocenters. The number of hydrogen-bond acceptors (Lipinski definition) is 2. The lowest BCUT2D eigenvalue weighted by molar-refractivity contribution is 0.0765. The van der Waals surface area contributed by atoms with Gasteiger partial charge in [-0.05, 0) is 23.8 Å². The number of nitriles is 1. The van der Waals surface area contributed by atoms with E-state index >= 15 is 0 Å². The predicted octanol–water partition coefficient (Wildman–Crippen LogP) is 4.27. The van der Waals surface area contributed by atoms with Crippen LogP contribution in [-0.2, 0) is 6.54 Å². The summed E-state index contributed by atoms with van der Waals surface area (Å²) in [7, 11) is 0. The molecular weight excluding hydrogens is 352 g/mol. The second kappa shape index (κ2) is 7.26. The molecule has 5 heteroatoms. The molecule has 0 aromatic heterocycles. The van der Waals surface area contributed by atoms with E-state index in [-0.39, 0.29) is 12.5 Å². The molecule has 0 aliphatic rings. The number of halogens is 2. The van der Waals surface area contributed by atoms with Gasteiger partial charge in [-0.25, -0.2) is 0 Å². The fourth-order valence-electron chi connectivity index (χ4n) is 1.95. The van der Waals surface area contributed by atoms with Crippen molar-refractivity contribution in [1.82, 2.24) is 4.90 Å². The molecule has 2 aromatic rings. The molecule has 0 radical (unpaired) electrons. The third-order valence-electron chi connectivity index (χ3n) is 2.87. The van der Waals surface area contributed by atoms with Crippen molar-refractivity contribution in [2.75, 3.05) is 6.54 Å². The van der Waals surface area contributed by atoms with Crippen molar-refractivity contribution in [2.24, 2.45) is 0 Å². The second-order valence-corrected chi connectivity index (χ2v) is 5.82. The number of hydrogen-bond donors (Lipinski definition) is 0. The van der Waals surface area contributed by atoms with Crippen LogP contribution in [0.4, 0.5) is 0 Å². The molecule has 1 amide bonds. The van der Waals surface area contributed by atoms with Gasteiger partial charge in [0.2, 0.25) is 0 Å². The van der Waals surface area contributed by atoms with Crippen LogP contribution in [0.1, 0.15) is 15.9 Å². The van der Waals surface area contributed by atoms with Gasteiger partial charge in [0.1, 0.15) is 6.54 Å². The molecule has 0 saturated carbocycles. The van der Waals surface area contributed by atoms with Gasteiger partial charge in [0.25, 0.3) is 5.91 Å². The maximum Gasteiger partial charge on any atom is 0.255 e. The molecule has 0 N–H and O–H groups in total. The molecule has 0 saturated heterocycles. The molecule has 21 heavy (non-hydrogen) atoms. The van der Waals surface area contributed by atoms with Crippen LogP contribution in [0.5, 0.6) is 0 Å². The zero-order valence-electron chi connectivity index (χ0n) is 11.1. The third kappa shape index (κ3) is 4.32. The van der Waals surface area contributed by atoms with Crippen LogP contribution in [0, 0.1) is 11.3 Å². The van der Waals surface area contributed by atoms with E-state index in [9.17, 15) is 4.79 Å². The van der Waals surface area contributed by atoms with Crippen LogP contribution < -0.4 is 0 Å². The first-order chi connectivity index (χ1) is 10.1. The van der Waals surface area contributed by atoms with E-state index in [0.717, 1.165) is 10.0 Å². The van der Waals surface area contributed by atoms with Gasteiger partial charge in [-0.15, -0.1) is 0 Å². The Balaban J connectivity index is 2.25. The summed E-state index contributed by atoms with van der Waals surface area (Å²) >= 11 is 9.29. The molecule has 0 aliphatic carbocycles. The van der Waals surface area contributed by atoms with E-state index in [0.29, 0.717) is 17.1 Å². The summed E-state index contributed by atoms with van der Waals surface area (Å²) in [5.74, 6) is -0.219. The van der Waals surface area contributed by atoms with E-state index < -0.39 is 0 Å². The predicted molar refractivity (Wildman–Crippen MR) is 85.9 cm³/mol. The van der Waals surface area contributed by atoms with Gasteiger partial charge in [-0.1, -0.05) is 57.9 Å². The van der Waals surface area contributed by atoms with E-state index in [4.69, 9.17) is 16.9 Å². The molecule has 0 heterocycles. The standard InChI is InChI=1S/C16H12BrClN2O/c17-14-8-13(9-15(18)10-14)16(21)20(7-6-19)11-12-4-2-1-3-5-12/h1-5,8-10H,7,11H2. The Morgan fingerprint density at radius 1 is 1.24 bits per heavy atom. The lowest BCUT2D eigenvalue weighted by Gasteiger charge is -2.20. The van der Waals surface area contributed by atoms with Crippen molar-refractivity contribution in [2.45, 2.75) is 6.54 Å². The first-order valence-electron chi connectivity index (χ1n) is 6.26. The van der Waals surface area contributed by atoms with Crippen LogP contribution in [0.25, 0.3) is 0 Å². The number of carbonyl (C=O) groups is 1. The first-order valence-corrected chi connectivity index (χ1v) is 7.43. The SMILES string of the molecule is N#CCN(Cc1ccccc1)C(=O)c1cc(Cl)cc(Br)c1. The summed E-state index contributed by atoms with van der Waals surface area (Å²) < 4.78 is 0.731. The molecule has 2 aromatic carbocycles. The maximum atomic E-state index is 12.5. The van der Waals surface area contributed by atoms with Gasteiger partial charge in [-0.2, -0.15) is 5.26 Å². The van der Waals surface area contributed by atoms with E-state index in [1.165, 1.54) is 4.90 Å². The number of amides is 1. The summed E-state index contributed by atoms with van der Waals surface area (Å²) in [5, 5.41) is 9.42. The number of carbonyl (C=O) groups excluding carboxylic acids is 1. The Bertz CT molecular complexity index is 662. The van der Waals surface area contributed by atoms with Crippen LogP contribution in [0.3, 0.4) is 0 Å². The van der Waals surface area contributed by atoms with Crippen molar-refractivity contribution in [1.29, 1.82) is 5.26 Å². The van der Waals surface area contributed by atoms with Crippen molar-refractivity contribution in [3.8, 4) is 6.07 Å². The number of rotatable bonds is 4. The van der Waals surface area contributed by atoms with Gasteiger partial charge < -0.3 is 4.90 Å². The highest BCUT2D eigenvalue weighted by Gasteiger charge is 2.16. The van der Waals surface area contributed by atoms with Gasteiger partial charge in [-0.3, -0.25) is 4.79 Å². The number of benzene rings is 2. The lowest BCUT2D eigenvalue weighted by atomic mass is 10.1. The Kier molecular flexibility index (Phi) is 5.38. The lowest BCUT2D eigenvalue weighted by Crippen LogP contribution is -2.31. The average molecular weight is 364 g/mol. The van der Waals surface area contributed by atoms with Crippen molar-refractivity contribution >= 4 is 33.4 Å². The monoisotopic (exact) mass is 362 g/mol. The second-order valence-electron chi connectivity index (χ2n) is 4.46. The van der Waals surface area contributed by atoms with Crippen LogP contribution in [-0.4, -0.2) is 17.4 Å². The van der Waals surface area contributed by atoms with E-state index in [1.54, 1.807) is 18.2 Å². The van der Waals surface area contributed by atoms with Crippen molar-refractivity contribution in [3.63, 3.8) is 0 Å². The highest BCUT2D eigenvalue weighted by atomic mass is 79.9.